The van der Waals surface area contributed by atoms with Gasteiger partial charge in [-0.25, -0.2) is 0 Å². The third-order valence-corrected chi connectivity index (χ3v) is 3.72. The van der Waals surface area contributed by atoms with Crippen molar-refractivity contribution in [2.24, 2.45) is 0 Å². The highest BCUT2D eigenvalue weighted by Crippen LogP contribution is 2.29. The lowest BCUT2D eigenvalue weighted by Crippen LogP contribution is -2.50. The predicted octanol–water partition coefficient (Wildman–Crippen LogP) is 2.23. The first-order valence-electron chi connectivity index (χ1n) is 6.63. The van der Waals surface area contributed by atoms with E-state index in [2.05, 4.69) is 0 Å². The summed E-state index contributed by atoms with van der Waals surface area (Å²) >= 11 is 5.47. The van der Waals surface area contributed by atoms with Gasteiger partial charge in [-0.15, -0.1) is 11.6 Å². The molecule has 0 aliphatic carbocycles. The van der Waals surface area contributed by atoms with Crippen LogP contribution in [0.2, 0.25) is 0 Å². The summed E-state index contributed by atoms with van der Waals surface area (Å²) < 4.78 is 37.5. The second-order valence-electron chi connectivity index (χ2n) is 4.88. The fourth-order valence-electron chi connectivity index (χ4n) is 2.23. The van der Waals surface area contributed by atoms with Gasteiger partial charge < -0.3 is 9.80 Å². The molecule has 2 rings (SSSR count). The summed E-state index contributed by atoms with van der Waals surface area (Å²) in [5, 5.41) is 0. The van der Waals surface area contributed by atoms with Crippen LogP contribution in [0, 0.1) is 0 Å². The molecule has 1 fully saturated rings. The first kappa shape index (κ1) is 16.6. The van der Waals surface area contributed by atoms with Crippen molar-refractivity contribution in [1.82, 2.24) is 9.80 Å². The number of rotatable bonds is 2. The zero-order chi connectivity index (χ0) is 16.3. The smallest absolute Gasteiger partial charge is 0.338 e. The van der Waals surface area contributed by atoms with E-state index >= 15 is 0 Å². The molecule has 0 aromatic heterocycles. The van der Waals surface area contributed by atoms with Gasteiger partial charge in [-0.05, 0) is 24.3 Å². The summed E-state index contributed by atoms with van der Waals surface area (Å²) in [6.07, 6.45) is -4.42. The van der Waals surface area contributed by atoms with E-state index in [4.69, 9.17) is 11.6 Å². The van der Waals surface area contributed by atoms with E-state index in [9.17, 15) is 22.8 Å². The monoisotopic (exact) mass is 334 g/mol. The number of alkyl halides is 4. The minimum Gasteiger partial charge on any atom is -0.338 e. The van der Waals surface area contributed by atoms with Gasteiger partial charge in [-0.1, -0.05) is 0 Å². The highest BCUT2D eigenvalue weighted by atomic mass is 35.5. The molecule has 2 amide bonds. The second kappa shape index (κ2) is 6.56. The van der Waals surface area contributed by atoms with E-state index in [0.29, 0.717) is 26.2 Å². The maximum atomic E-state index is 12.5. The Hall–Kier alpha value is -1.76. The van der Waals surface area contributed by atoms with Crippen LogP contribution in [0.3, 0.4) is 0 Å². The Morgan fingerprint density at radius 3 is 1.95 bits per heavy atom. The Balaban J connectivity index is 2.00. The van der Waals surface area contributed by atoms with Crippen LogP contribution in [-0.4, -0.2) is 53.7 Å². The zero-order valence-corrected chi connectivity index (χ0v) is 12.3. The van der Waals surface area contributed by atoms with E-state index in [0.717, 1.165) is 12.1 Å². The van der Waals surface area contributed by atoms with Crippen LogP contribution in [0.15, 0.2) is 24.3 Å². The number of nitrogens with zero attached hydrogens (tertiary/aromatic N) is 2. The van der Waals surface area contributed by atoms with Gasteiger partial charge in [0.2, 0.25) is 5.91 Å². The van der Waals surface area contributed by atoms with Gasteiger partial charge in [0.25, 0.3) is 5.91 Å². The second-order valence-corrected chi connectivity index (χ2v) is 5.15. The summed E-state index contributed by atoms with van der Waals surface area (Å²) in [4.78, 5) is 26.7. The predicted molar refractivity (Wildman–Crippen MR) is 74.6 cm³/mol. The topological polar surface area (TPSA) is 40.6 Å². The number of benzene rings is 1. The fraction of sp³-hybridized carbons (Fsp3) is 0.429. The Morgan fingerprint density at radius 2 is 1.50 bits per heavy atom. The van der Waals surface area contributed by atoms with E-state index in [1.165, 1.54) is 17.0 Å². The van der Waals surface area contributed by atoms with Crippen LogP contribution in [0.25, 0.3) is 0 Å². The van der Waals surface area contributed by atoms with Crippen molar-refractivity contribution in [2.75, 3.05) is 32.1 Å². The molecule has 8 heteroatoms. The largest absolute Gasteiger partial charge is 0.416 e. The van der Waals surface area contributed by atoms with Gasteiger partial charge in [0.15, 0.2) is 0 Å². The minimum atomic E-state index is -4.42. The lowest BCUT2D eigenvalue weighted by Gasteiger charge is -2.34. The van der Waals surface area contributed by atoms with Crippen LogP contribution >= 0.6 is 11.6 Å². The average molecular weight is 335 g/mol. The van der Waals surface area contributed by atoms with E-state index < -0.39 is 11.7 Å². The third-order valence-electron chi connectivity index (χ3n) is 3.49. The highest BCUT2D eigenvalue weighted by molar-refractivity contribution is 6.27. The molecule has 1 aromatic carbocycles. The SMILES string of the molecule is O=C(CCl)N1CCN(C(=O)c2ccc(C(F)(F)F)cc2)CC1. The lowest BCUT2D eigenvalue weighted by molar-refractivity contribution is -0.137. The molecule has 0 N–H and O–H groups in total. The van der Waals surface area contributed by atoms with Gasteiger partial charge in [0, 0.05) is 31.7 Å². The molecule has 1 heterocycles. The van der Waals surface area contributed by atoms with Crippen molar-refractivity contribution in [3.8, 4) is 0 Å². The van der Waals surface area contributed by atoms with Crippen LogP contribution in [0.1, 0.15) is 15.9 Å². The van der Waals surface area contributed by atoms with Crippen LogP contribution in [-0.2, 0) is 11.0 Å². The lowest BCUT2D eigenvalue weighted by atomic mass is 10.1. The number of hydrogen-bond acceptors (Lipinski definition) is 2. The number of amides is 2. The van der Waals surface area contributed by atoms with Crippen molar-refractivity contribution < 1.29 is 22.8 Å². The molecule has 0 bridgehead atoms. The Morgan fingerprint density at radius 1 is 1.00 bits per heavy atom. The zero-order valence-electron chi connectivity index (χ0n) is 11.6. The molecular weight excluding hydrogens is 321 g/mol. The van der Waals surface area contributed by atoms with Gasteiger partial charge in [0.1, 0.15) is 5.88 Å². The molecule has 0 radical (unpaired) electrons. The van der Waals surface area contributed by atoms with Crippen LogP contribution < -0.4 is 0 Å². The van der Waals surface area contributed by atoms with Crippen molar-refractivity contribution in [2.45, 2.75) is 6.18 Å². The van der Waals surface area contributed by atoms with Gasteiger partial charge in [0.05, 0.1) is 5.56 Å². The first-order chi connectivity index (χ1) is 10.3. The van der Waals surface area contributed by atoms with E-state index in [-0.39, 0.29) is 23.3 Å². The molecular formula is C14H14ClF3N2O2. The summed E-state index contributed by atoms with van der Waals surface area (Å²) in [6.45, 7) is 1.42. The molecule has 4 nitrogen and oxygen atoms in total. The van der Waals surface area contributed by atoms with Gasteiger partial charge in [-0.2, -0.15) is 13.2 Å². The molecule has 1 saturated heterocycles. The third kappa shape index (κ3) is 3.71. The van der Waals surface area contributed by atoms with Crippen LogP contribution in [0.5, 0.6) is 0 Å². The maximum Gasteiger partial charge on any atom is 0.416 e. The molecule has 120 valence electrons. The minimum absolute atomic E-state index is 0.104. The van der Waals surface area contributed by atoms with E-state index in [1.54, 1.807) is 4.90 Å². The summed E-state index contributed by atoms with van der Waals surface area (Å²) in [5.74, 6) is -0.637. The quantitative estimate of drug-likeness (QED) is 0.778. The molecule has 0 saturated carbocycles. The molecule has 22 heavy (non-hydrogen) atoms. The summed E-state index contributed by atoms with van der Waals surface area (Å²) in [6, 6.07) is 4.11. The molecule has 1 aromatic rings. The summed E-state index contributed by atoms with van der Waals surface area (Å²) in [7, 11) is 0. The van der Waals surface area contributed by atoms with Gasteiger partial charge in [-0.3, -0.25) is 9.59 Å². The molecule has 0 unspecified atom stereocenters. The molecule has 1 aliphatic heterocycles. The average Bonchev–Trinajstić information content (AvgIpc) is 2.53. The van der Waals surface area contributed by atoms with Crippen molar-refractivity contribution in [1.29, 1.82) is 0 Å². The van der Waals surface area contributed by atoms with Crippen molar-refractivity contribution in [3.05, 3.63) is 35.4 Å². The fourth-order valence-corrected chi connectivity index (χ4v) is 2.40. The Bertz CT molecular complexity index is 552. The number of carbonyl (C=O) groups excluding carboxylic acids is 2. The number of hydrogen-bond donors (Lipinski definition) is 0. The number of halogens is 4. The number of carbonyl (C=O) groups is 2. The Kier molecular flexibility index (Phi) is 4.95. The van der Waals surface area contributed by atoms with Gasteiger partial charge >= 0.3 is 6.18 Å². The maximum absolute atomic E-state index is 12.5. The molecule has 1 aliphatic rings. The van der Waals surface area contributed by atoms with E-state index in [1.807, 2.05) is 0 Å². The highest BCUT2D eigenvalue weighted by Gasteiger charge is 2.31. The van der Waals surface area contributed by atoms with Crippen molar-refractivity contribution >= 4 is 23.4 Å². The summed E-state index contributed by atoms with van der Waals surface area (Å²) in [5.41, 5.74) is -0.591. The Labute approximate surface area is 130 Å². The van der Waals surface area contributed by atoms with Crippen LogP contribution in [0.4, 0.5) is 13.2 Å². The van der Waals surface area contributed by atoms with Crippen molar-refractivity contribution in [3.63, 3.8) is 0 Å². The normalized spacial score (nSPS) is 15.8. The molecule has 0 atom stereocenters. The number of piperazine rings is 1. The molecule has 0 spiro atoms. The first-order valence-corrected chi connectivity index (χ1v) is 7.16. The standard InChI is InChI=1S/C14H14ClF3N2O2/c15-9-12(21)19-5-7-20(8-6-19)13(22)10-1-3-11(4-2-10)14(16,17)18/h1-4H,5-9H2.